The Morgan fingerprint density at radius 2 is 1.60 bits per heavy atom. The monoisotopic (exact) mass is 597 g/mol. The highest BCUT2D eigenvalue weighted by molar-refractivity contribution is 6.30. The average Bonchev–Trinajstić information content (AvgIpc) is 2.94. The number of carbonyl (C=O) groups excluding carboxylic acids is 1. The molecule has 4 rings (SSSR count). The van der Waals surface area contributed by atoms with Crippen LogP contribution < -0.4 is 4.74 Å². The van der Waals surface area contributed by atoms with E-state index in [1.54, 1.807) is 32.9 Å². The second-order valence-electron chi connectivity index (χ2n) is 11.3. The van der Waals surface area contributed by atoms with Crippen LogP contribution >= 0.6 is 11.6 Å². The number of rotatable bonds is 12. The molecule has 0 amide bonds. The van der Waals surface area contributed by atoms with Gasteiger partial charge in [-0.3, -0.25) is 0 Å². The van der Waals surface area contributed by atoms with E-state index in [-0.39, 0.29) is 19.0 Å². The molecule has 0 radical (unpaired) electrons. The lowest BCUT2D eigenvalue weighted by Crippen LogP contribution is -2.52. The Hall–Kier alpha value is -3.14. The lowest BCUT2D eigenvalue weighted by molar-refractivity contribution is -0.201. The summed E-state index contributed by atoms with van der Waals surface area (Å²) in [5.41, 5.74) is 2.29. The molecule has 226 valence electrons. The van der Waals surface area contributed by atoms with Gasteiger partial charge in [-0.15, -0.1) is 5.06 Å². The molecule has 1 N–H and O–H groups in total. The number of halogens is 1. The minimum Gasteiger partial charge on any atom is -0.494 e. The van der Waals surface area contributed by atoms with Crippen LogP contribution in [-0.2, 0) is 32.3 Å². The maximum atomic E-state index is 12.3. The minimum atomic E-state index is -0.857. The first kappa shape index (κ1) is 31.8. The molecule has 3 atom stereocenters. The smallest absolute Gasteiger partial charge is 0.494 e. The molecule has 3 unspecified atom stereocenters. The van der Waals surface area contributed by atoms with Gasteiger partial charge in [0.25, 0.3) is 0 Å². The Bertz CT molecular complexity index is 1230. The van der Waals surface area contributed by atoms with Crippen molar-refractivity contribution in [1.82, 2.24) is 5.06 Å². The molecular formula is C33H40ClNO7. The Kier molecular flexibility index (Phi) is 11.6. The van der Waals surface area contributed by atoms with Crippen LogP contribution in [0.25, 0.3) is 0 Å². The van der Waals surface area contributed by atoms with E-state index in [4.69, 9.17) is 35.4 Å². The van der Waals surface area contributed by atoms with Crippen LogP contribution in [0.2, 0.25) is 5.02 Å². The van der Waals surface area contributed by atoms with Gasteiger partial charge in [-0.1, -0.05) is 66.2 Å². The summed E-state index contributed by atoms with van der Waals surface area (Å²) in [6.45, 7) is 7.70. The second kappa shape index (κ2) is 15.4. The van der Waals surface area contributed by atoms with Crippen molar-refractivity contribution in [2.45, 2.75) is 64.1 Å². The number of benzene rings is 3. The molecule has 42 heavy (non-hydrogen) atoms. The summed E-state index contributed by atoms with van der Waals surface area (Å²) in [7, 11) is 0. The SMILES string of the molecule is CC(C)(C)OC(=O)ON1CC(O)C(c2ccc(OCCCOCc3ccccc3)cc2)C(OCc2ccc(Cl)cc2)C1. The normalized spacial score (nSPS) is 19.3. The van der Waals surface area contributed by atoms with Crippen molar-refractivity contribution in [2.24, 2.45) is 0 Å². The summed E-state index contributed by atoms with van der Waals surface area (Å²) in [6.07, 6.45) is -1.38. The van der Waals surface area contributed by atoms with Crippen LogP contribution in [0.3, 0.4) is 0 Å². The van der Waals surface area contributed by atoms with Gasteiger partial charge in [0.2, 0.25) is 0 Å². The molecule has 0 spiro atoms. The lowest BCUT2D eigenvalue weighted by atomic mass is 9.85. The fourth-order valence-corrected chi connectivity index (χ4v) is 4.81. The number of carbonyl (C=O) groups is 1. The molecule has 3 aromatic carbocycles. The second-order valence-corrected chi connectivity index (χ2v) is 11.7. The number of hydrogen-bond acceptors (Lipinski definition) is 8. The van der Waals surface area contributed by atoms with Gasteiger partial charge in [-0.05, 0) is 61.7 Å². The molecule has 1 heterocycles. The van der Waals surface area contributed by atoms with Crippen LogP contribution in [-0.4, -0.2) is 60.4 Å². The fraction of sp³-hybridized carbons (Fsp3) is 0.424. The molecule has 3 aromatic rings. The zero-order valence-electron chi connectivity index (χ0n) is 24.4. The van der Waals surface area contributed by atoms with Crippen LogP contribution in [0, 0.1) is 0 Å². The van der Waals surface area contributed by atoms with Gasteiger partial charge in [-0.2, -0.15) is 0 Å². The summed E-state index contributed by atoms with van der Waals surface area (Å²) in [6, 6.07) is 25.1. The van der Waals surface area contributed by atoms with E-state index in [1.165, 1.54) is 5.06 Å². The van der Waals surface area contributed by atoms with E-state index >= 15 is 0 Å². The highest BCUT2D eigenvalue weighted by atomic mass is 35.5. The fourth-order valence-electron chi connectivity index (χ4n) is 4.69. The molecule has 0 aliphatic carbocycles. The number of β-amino-alcohol motifs (C(OH)–C–C–N with tert-alkyl or cyclic N) is 1. The first-order valence-electron chi connectivity index (χ1n) is 14.2. The largest absolute Gasteiger partial charge is 0.528 e. The number of nitrogens with zero attached hydrogens (tertiary/aromatic N) is 1. The Morgan fingerprint density at radius 3 is 2.29 bits per heavy atom. The van der Waals surface area contributed by atoms with Crippen LogP contribution in [0.5, 0.6) is 5.75 Å². The molecule has 1 fully saturated rings. The average molecular weight is 598 g/mol. The summed E-state index contributed by atoms with van der Waals surface area (Å²) in [4.78, 5) is 17.7. The Balaban J connectivity index is 1.34. The molecule has 0 saturated carbocycles. The third kappa shape index (κ3) is 10.3. The minimum absolute atomic E-state index is 0.117. The molecule has 8 nitrogen and oxygen atoms in total. The number of hydrogen-bond donors (Lipinski definition) is 1. The summed E-state index contributed by atoms with van der Waals surface area (Å²) in [5, 5.41) is 13.2. The van der Waals surface area contributed by atoms with Gasteiger partial charge in [-0.25, -0.2) is 4.79 Å². The molecule has 1 aliphatic rings. The van der Waals surface area contributed by atoms with Crippen molar-refractivity contribution in [3.05, 3.63) is 101 Å². The summed E-state index contributed by atoms with van der Waals surface area (Å²) >= 11 is 6.03. The van der Waals surface area contributed by atoms with Crippen molar-refractivity contribution < 1.29 is 33.7 Å². The number of ether oxygens (including phenoxy) is 4. The van der Waals surface area contributed by atoms with Crippen molar-refractivity contribution in [3.63, 3.8) is 0 Å². The maximum absolute atomic E-state index is 12.3. The topological polar surface area (TPSA) is 86.7 Å². The van der Waals surface area contributed by atoms with E-state index in [0.29, 0.717) is 31.5 Å². The highest BCUT2D eigenvalue weighted by Gasteiger charge is 2.40. The van der Waals surface area contributed by atoms with E-state index in [9.17, 15) is 9.90 Å². The summed E-state index contributed by atoms with van der Waals surface area (Å²) < 4.78 is 23.2. The quantitative estimate of drug-likeness (QED) is 0.186. The first-order chi connectivity index (χ1) is 20.2. The number of aliphatic hydroxyl groups excluding tert-OH is 1. The van der Waals surface area contributed by atoms with Crippen LogP contribution in [0.1, 0.15) is 49.8 Å². The van der Waals surface area contributed by atoms with Crippen molar-refractivity contribution in [3.8, 4) is 5.75 Å². The number of piperidine rings is 1. The molecule has 9 heteroatoms. The predicted molar refractivity (Wildman–Crippen MR) is 160 cm³/mol. The van der Waals surface area contributed by atoms with Crippen molar-refractivity contribution >= 4 is 17.8 Å². The van der Waals surface area contributed by atoms with Gasteiger partial charge >= 0.3 is 6.16 Å². The van der Waals surface area contributed by atoms with Crippen LogP contribution in [0.15, 0.2) is 78.9 Å². The van der Waals surface area contributed by atoms with Crippen molar-refractivity contribution in [2.75, 3.05) is 26.3 Å². The molecule has 1 aliphatic heterocycles. The highest BCUT2D eigenvalue weighted by Crippen LogP contribution is 2.33. The zero-order chi connectivity index (χ0) is 30.0. The number of aliphatic hydroxyl groups is 1. The molecule has 1 saturated heterocycles. The summed E-state index contributed by atoms with van der Waals surface area (Å²) in [5.74, 6) is 0.386. The van der Waals surface area contributed by atoms with Gasteiger partial charge in [0.15, 0.2) is 0 Å². The standard InChI is InChI=1S/C33H40ClNO7/c1-33(2,3)41-32(37)42-35-20-29(36)31(30(21-35)40-23-25-10-14-27(34)15-11-25)26-12-16-28(17-13-26)39-19-7-18-38-22-24-8-5-4-6-9-24/h4-6,8-17,29-31,36H,7,18-23H2,1-3H3. The van der Waals surface area contributed by atoms with Crippen molar-refractivity contribution in [1.29, 1.82) is 0 Å². The van der Waals surface area contributed by atoms with Gasteiger partial charge in [0.05, 0.1) is 51.7 Å². The van der Waals surface area contributed by atoms with E-state index in [1.807, 2.05) is 66.7 Å². The lowest BCUT2D eigenvalue weighted by Gasteiger charge is -2.40. The number of hydroxylamine groups is 2. The Labute approximate surface area is 253 Å². The molecule has 0 bridgehead atoms. The van der Waals surface area contributed by atoms with Gasteiger partial charge < -0.3 is 28.9 Å². The zero-order valence-corrected chi connectivity index (χ0v) is 25.2. The van der Waals surface area contributed by atoms with E-state index in [2.05, 4.69) is 0 Å². The van der Waals surface area contributed by atoms with Gasteiger partial charge in [0, 0.05) is 17.4 Å². The molecule has 0 aromatic heterocycles. The van der Waals surface area contributed by atoms with Gasteiger partial charge in [0.1, 0.15) is 11.4 Å². The first-order valence-corrected chi connectivity index (χ1v) is 14.6. The third-order valence-corrected chi connectivity index (χ3v) is 6.89. The van der Waals surface area contributed by atoms with Crippen LogP contribution in [0.4, 0.5) is 4.79 Å². The third-order valence-electron chi connectivity index (χ3n) is 6.64. The van der Waals surface area contributed by atoms with E-state index in [0.717, 1.165) is 28.9 Å². The molecular weight excluding hydrogens is 558 g/mol. The van der Waals surface area contributed by atoms with E-state index < -0.39 is 24.0 Å². The maximum Gasteiger partial charge on any atom is 0.528 e. The predicted octanol–water partition coefficient (Wildman–Crippen LogP) is 6.54. The Morgan fingerprint density at radius 1 is 0.905 bits per heavy atom.